The molecule has 0 saturated carbocycles. The van der Waals surface area contributed by atoms with Crippen molar-refractivity contribution in [3.8, 4) is 11.1 Å². The Balaban J connectivity index is 1.86. The quantitative estimate of drug-likeness (QED) is 0.415. The van der Waals surface area contributed by atoms with Crippen molar-refractivity contribution in [1.82, 2.24) is 10.3 Å². The fraction of sp³-hybridized carbons (Fsp3) is 0.217. The number of nitrogens with one attached hydrogen (secondary N) is 2. The molecule has 1 atom stereocenters. The molecule has 0 radical (unpaired) electrons. The number of benzene rings is 2. The van der Waals surface area contributed by atoms with E-state index in [0.717, 1.165) is 5.56 Å². The Hall–Kier alpha value is -3.17. The lowest BCUT2D eigenvalue weighted by atomic mass is 9.98. The van der Waals surface area contributed by atoms with Gasteiger partial charge in [0.2, 0.25) is 5.91 Å². The summed E-state index contributed by atoms with van der Waals surface area (Å²) in [7, 11) is 0. The van der Waals surface area contributed by atoms with Gasteiger partial charge in [0.05, 0.1) is 6.42 Å². The molecule has 166 valence electrons. The molecule has 0 saturated heterocycles. The van der Waals surface area contributed by atoms with Crippen LogP contribution in [0.3, 0.4) is 0 Å². The Morgan fingerprint density at radius 2 is 1.94 bits per heavy atom. The van der Waals surface area contributed by atoms with E-state index < -0.39 is 17.9 Å². The van der Waals surface area contributed by atoms with Crippen LogP contribution in [0.1, 0.15) is 21.8 Å². The fourth-order valence-corrected chi connectivity index (χ4v) is 4.17. The van der Waals surface area contributed by atoms with E-state index in [0.29, 0.717) is 34.0 Å². The number of aliphatic carboxylic acids is 1. The van der Waals surface area contributed by atoms with Crippen LogP contribution in [-0.4, -0.2) is 45.9 Å². The number of nitrogens with zero attached hydrogens (tertiary/aromatic N) is 1. The highest BCUT2D eigenvalue weighted by Gasteiger charge is 2.22. The van der Waals surface area contributed by atoms with Crippen LogP contribution in [-0.2, 0) is 16.0 Å². The largest absolute Gasteiger partial charge is 0.480 e. The zero-order valence-electron chi connectivity index (χ0n) is 17.4. The Kier molecular flexibility index (Phi) is 8.41. The lowest BCUT2D eigenvalue weighted by Gasteiger charge is -2.17. The molecule has 3 rings (SSSR count). The minimum Gasteiger partial charge on any atom is -0.480 e. The highest BCUT2D eigenvalue weighted by Crippen LogP contribution is 2.27. The van der Waals surface area contributed by atoms with E-state index in [9.17, 15) is 19.5 Å². The van der Waals surface area contributed by atoms with Crippen molar-refractivity contribution in [3.63, 3.8) is 0 Å². The van der Waals surface area contributed by atoms with Gasteiger partial charge in [-0.05, 0) is 47.8 Å². The van der Waals surface area contributed by atoms with Crippen molar-refractivity contribution in [2.75, 3.05) is 17.3 Å². The van der Waals surface area contributed by atoms with E-state index in [1.54, 1.807) is 24.4 Å². The summed E-state index contributed by atoms with van der Waals surface area (Å²) in [5, 5.41) is 17.4. The second-order valence-corrected chi connectivity index (χ2v) is 8.89. The first-order valence-corrected chi connectivity index (χ1v) is 12.2. The first-order valence-electron chi connectivity index (χ1n) is 9.88. The maximum Gasteiger partial charge on any atom is 0.326 e. The van der Waals surface area contributed by atoms with E-state index in [1.807, 2.05) is 42.0 Å². The van der Waals surface area contributed by atoms with Gasteiger partial charge in [-0.1, -0.05) is 30.3 Å². The third-order valence-electron chi connectivity index (χ3n) is 4.64. The maximum absolute atomic E-state index is 13.0. The van der Waals surface area contributed by atoms with Gasteiger partial charge >= 0.3 is 5.97 Å². The summed E-state index contributed by atoms with van der Waals surface area (Å²) in [5.74, 6) is -1.13. The number of anilines is 1. The molecule has 0 aliphatic rings. The molecule has 7 nitrogen and oxygen atoms in total. The number of carboxylic acid groups (broad SMARTS) is 1. The number of carboxylic acids is 1. The third kappa shape index (κ3) is 6.41. The predicted octanol–water partition coefficient (Wildman–Crippen LogP) is 3.93. The Morgan fingerprint density at radius 1 is 1.16 bits per heavy atom. The number of thiazole rings is 1. The normalized spacial score (nSPS) is 11.5. The van der Waals surface area contributed by atoms with E-state index in [2.05, 4.69) is 15.6 Å². The summed E-state index contributed by atoms with van der Waals surface area (Å²) in [5.41, 5.74) is 2.26. The number of carbonyl (C=O) groups is 3. The van der Waals surface area contributed by atoms with Crippen LogP contribution >= 0.6 is 23.1 Å². The number of amides is 2. The first kappa shape index (κ1) is 23.5. The molecule has 0 aliphatic heterocycles. The molecule has 3 N–H and O–H groups in total. The predicted molar refractivity (Wildman–Crippen MR) is 128 cm³/mol. The molecule has 32 heavy (non-hydrogen) atoms. The average Bonchev–Trinajstić information content (AvgIpc) is 3.29. The van der Waals surface area contributed by atoms with Gasteiger partial charge in [-0.25, -0.2) is 9.78 Å². The fourth-order valence-electron chi connectivity index (χ4n) is 3.09. The Morgan fingerprint density at radius 3 is 2.59 bits per heavy atom. The Labute approximate surface area is 194 Å². The van der Waals surface area contributed by atoms with Crippen molar-refractivity contribution in [3.05, 3.63) is 70.7 Å². The van der Waals surface area contributed by atoms with Gasteiger partial charge in [0.25, 0.3) is 5.91 Å². The van der Waals surface area contributed by atoms with E-state index in [4.69, 9.17) is 0 Å². The topological polar surface area (TPSA) is 108 Å². The lowest BCUT2D eigenvalue weighted by Crippen LogP contribution is -2.41. The number of hydrogen-bond donors (Lipinski definition) is 3. The molecule has 9 heteroatoms. The number of rotatable bonds is 10. The van der Waals surface area contributed by atoms with Gasteiger partial charge in [-0.2, -0.15) is 11.8 Å². The molecular formula is C23H23N3O4S2. The molecule has 1 aromatic heterocycles. The van der Waals surface area contributed by atoms with Gasteiger partial charge in [-0.3, -0.25) is 9.59 Å². The molecule has 0 unspecified atom stereocenters. The van der Waals surface area contributed by atoms with E-state index >= 15 is 0 Å². The standard InChI is InChI=1S/C23H23N3O4S2/c1-31-11-9-19(23(29)30)26-22(28)17-8-7-16(13-18(17)15-5-3-2-4-6-15)25-20(27)14-21-24-10-12-32-21/h2-8,10,12-13,19H,9,11,14H2,1H3,(H,25,27)(H,26,28)(H,29,30)/t19-/m0/s1. The zero-order chi connectivity index (χ0) is 22.9. The summed E-state index contributed by atoms with van der Waals surface area (Å²) in [6.45, 7) is 0. The van der Waals surface area contributed by atoms with Crippen LogP contribution in [0.25, 0.3) is 11.1 Å². The summed E-state index contributed by atoms with van der Waals surface area (Å²) in [6, 6.07) is 13.3. The van der Waals surface area contributed by atoms with Crippen LogP contribution in [0.4, 0.5) is 5.69 Å². The monoisotopic (exact) mass is 469 g/mol. The average molecular weight is 470 g/mol. The number of hydrogen-bond acceptors (Lipinski definition) is 6. The summed E-state index contributed by atoms with van der Waals surface area (Å²) < 4.78 is 0. The van der Waals surface area contributed by atoms with Crippen LogP contribution in [0, 0.1) is 0 Å². The van der Waals surface area contributed by atoms with Gasteiger partial charge < -0.3 is 15.7 Å². The molecule has 0 fully saturated rings. The molecule has 3 aromatic rings. The molecule has 0 spiro atoms. The number of thioether (sulfide) groups is 1. The van der Waals surface area contributed by atoms with E-state index in [1.165, 1.54) is 23.1 Å². The van der Waals surface area contributed by atoms with Gasteiger partial charge in [0.15, 0.2) is 0 Å². The zero-order valence-corrected chi connectivity index (χ0v) is 19.0. The Bertz CT molecular complexity index is 1070. The van der Waals surface area contributed by atoms with Crippen molar-refractivity contribution in [2.45, 2.75) is 18.9 Å². The first-order chi connectivity index (χ1) is 15.5. The molecule has 2 amide bonds. The lowest BCUT2D eigenvalue weighted by molar-refractivity contribution is -0.139. The van der Waals surface area contributed by atoms with Crippen molar-refractivity contribution in [2.24, 2.45) is 0 Å². The number of aromatic nitrogens is 1. The van der Waals surface area contributed by atoms with Crippen LogP contribution in [0.15, 0.2) is 60.1 Å². The summed E-state index contributed by atoms with van der Waals surface area (Å²) >= 11 is 2.93. The van der Waals surface area contributed by atoms with Crippen LogP contribution < -0.4 is 10.6 Å². The van der Waals surface area contributed by atoms with Gasteiger partial charge in [0.1, 0.15) is 11.0 Å². The minimum atomic E-state index is -1.07. The molecule has 0 aliphatic carbocycles. The van der Waals surface area contributed by atoms with Crippen molar-refractivity contribution < 1.29 is 19.5 Å². The van der Waals surface area contributed by atoms with Gasteiger partial charge in [0, 0.05) is 22.8 Å². The number of carbonyl (C=O) groups excluding carboxylic acids is 2. The molecule has 1 heterocycles. The summed E-state index contributed by atoms with van der Waals surface area (Å²) in [4.78, 5) is 41.0. The van der Waals surface area contributed by atoms with E-state index in [-0.39, 0.29) is 12.3 Å². The SMILES string of the molecule is CSCC[C@H](NC(=O)c1ccc(NC(=O)Cc2nccs2)cc1-c1ccccc1)C(=O)O. The highest BCUT2D eigenvalue weighted by atomic mass is 32.2. The van der Waals surface area contributed by atoms with Crippen molar-refractivity contribution >= 4 is 46.6 Å². The highest BCUT2D eigenvalue weighted by molar-refractivity contribution is 7.98. The van der Waals surface area contributed by atoms with Crippen LogP contribution in [0.2, 0.25) is 0 Å². The maximum atomic E-state index is 13.0. The molecule has 0 bridgehead atoms. The molecular weight excluding hydrogens is 446 g/mol. The van der Waals surface area contributed by atoms with Crippen LogP contribution in [0.5, 0.6) is 0 Å². The van der Waals surface area contributed by atoms with Crippen molar-refractivity contribution in [1.29, 1.82) is 0 Å². The molecule has 2 aromatic carbocycles. The second-order valence-electron chi connectivity index (χ2n) is 6.92. The minimum absolute atomic E-state index is 0.163. The summed E-state index contributed by atoms with van der Waals surface area (Å²) in [6.07, 6.45) is 4.03. The third-order valence-corrected chi connectivity index (χ3v) is 6.07. The van der Waals surface area contributed by atoms with Gasteiger partial charge in [-0.15, -0.1) is 11.3 Å². The smallest absolute Gasteiger partial charge is 0.326 e. The second kappa shape index (κ2) is 11.4.